The molecular formula is C30H36N2O4. The molecule has 6 heteroatoms. The standard InChI is InChI=1S/C30H36N2O4/c1-21(2)19-31(23(5)33)25-10-14-27(15-11-25)35-29-8-7-9-30(18-29)36-28-16-12-26(13-17-28)32(24(6)34)20-22(3)4/h7-18,21-22H,19-20H2,1-6H3. The van der Waals surface area contributed by atoms with Crippen LogP contribution in [0, 0.1) is 11.8 Å². The van der Waals surface area contributed by atoms with E-state index in [9.17, 15) is 9.59 Å². The van der Waals surface area contributed by atoms with Crippen LogP contribution in [0.3, 0.4) is 0 Å². The molecule has 0 fully saturated rings. The fraction of sp³-hybridized carbons (Fsp3) is 0.333. The highest BCUT2D eigenvalue weighted by molar-refractivity contribution is 5.92. The second-order valence-corrected chi connectivity index (χ2v) is 9.71. The van der Waals surface area contributed by atoms with Crippen LogP contribution in [-0.2, 0) is 9.59 Å². The minimum atomic E-state index is 0.0178. The minimum absolute atomic E-state index is 0.0178. The van der Waals surface area contributed by atoms with E-state index in [0.29, 0.717) is 47.9 Å². The van der Waals surface area contributed by atoms with Crippen molar-refractivity contribution in [3.63, 3.8) is 0 Å². The molecule has 0 bridgehead atoms. The molecule has 0 spiro atoms. The third-order valence-corrected chi connectivity index (χ3v) is 5.43. The first-order valence-corrected chi connectivity index (χ1v) is 12.3. The van der Waals surface area contributed by atoms with Gasteiger partial charge >= 0.3 is 0 Å². The summed E-state index contributed by atoms with van der Waals surface area (Å²) < 4.78 is 12.0. The lowest BCUT2D eigenvalue weighted by Gasteiger charge is -2.23. The number of nitrogens with zero attached hydrogens (tertiary/aromatic N) is 2. The van der Waals surface area contributed by atoms with Crippen molar-refractivity contribution < 1.29 is 19.1 Å². The van der Waals surface area contributed by atoms with Gasteiger partial charge in [0.15, 0.2) is 0 Å². The number of amides is 2. The van der Waals surface area contributed by atoms with E-state index in [-0.39, 0.29) is 11.8 Å². The third-order valence-electron chi connectivity index (χ3n) is 5.43. The van der Waals surface area contributed by atoms with Crippen molar-refractivity contribution in [2.24, 2.45) is 11.8 Å². The monoisotopic (exact) mass is 488 g/mol. The zero-order chi connectivity index (χ0) is 26.2. The maximum absolute atomic E-state index is 12.0. The predicted molar refractivity (Wildman–Crippen MR) is 145 cm³/mol. The summed E-state index contributed by atoms with van der Waals surface area (Å²) in [6.07, 6.45) is 0. The quantitative estimate of drug-likeness (QED) is 0.301. The van der Waals surface area contributed by atoms with Gasteiger partial charge in [-0.1, -0.05) is 33.8 Å². The number of rotatable bonds is 10. The zero-order valence-electron chi connectivity index (χ0n) is 22.0. The molecule has 3 aromatic rings. The summed E-state index contributed by atoms with van der Waals surface area (Å²) >= 11 is 0. The summed E-state index contributed by atoms with van der Waals surface area (Å²) in [5.74, 6) is 3.40. The summed E-state index contributed by atoms with van der Waals surface area (Å²) in [6, 6.07) is 22.4. The molecule has 0 N–H and O–H groups in total. The molecule has 0 aliphatic rings. The number of carbonyl (C=O) groups excluding carboxylic acids is 2. The Morgan fingerprint density at radius 3 is 1.28 bits per heavy atom. The summed E-state index contributed by atoms with van der Waals surface area (Å²) in [5, 5.41) is 0. The maximum atomic E-state index is 12.0. The van der Waals surface area contributed by atoms with Gasteiger partial charge in [-0.15, -0.1) is 0 Å². The molecule has 0 unspecified atom stereocenters. The van der Waals surface area contributed by atoms with E-state index in [4.69, 9.17) is 9.47 Å². The number of hydrogen-bond donors (Lipinski definition) is 0. The van der Waals surface area contributed by atoms with Crippen LogP contribution < -0.4 is 19.3 Å². The van der Waals surface area contributed by atoms with Crippen LogP contribution in [-0.4, -0.2) is 24.9 Å². The molecule has 0 aliphatic carbocycles. The lowest BCUT2D eigenvalue weighted by Crippen LogP contribution is -2.32. The van der Waals surface area contributed by atoms with Crippen LogP contribution in [0.2, 0.25) is 0 Å². The predicted octanol–water partition coefficient (Wildman–Crippen LogP) is 7.29. The molecule has 0 aliphatic heterocycles. The number of ether oxygens (including phenoxy) is 2. The lowest BCUT2D eigenvalue weighted by atomic mass is 10.2. The Kier molecular flexibility index (Phi) is 9.12. The van der Waals surface area contributed by atoms with Crippen molar-refractivity contribution >= 4 is 23.2 Å². The molecule has 0 aromatic heterocycles. The Labute approximate surface area is 214 Å². The molecule has 0 saturated heterocycles. The van der Waals surface area contributed by atoms with Gasteiger partial charge < -0.3 is 19.3 Å². The van der Waals surface area contributed by atoms with Crippen LogP contribution in [0.15, 0.2) is 72.8 Å². The van der Waals surface area contributed by atoms with Crippen molar-refractivity contribution in [1.82, 2.24) is 0 Å². The van der Waals surface area contributed by atoms with Gasteiger partial charge in [-0.3, -0.25) is 9.59 Å². The van der Waals surface area contributed by atoms with Crippen molar-refractivity contribution in [1.29, 1.82) is 0 Å². The first-order valence-electron chi connectivity index (χ1n) is 12.3. The van der Waals surface area contributed by atoms with Crippen molar-refractivity contribution in [3.8, 4) is 23.0 Å². The minimum Gasteiger partial charge on any atom is -0.457 e. The number of hydrogen-bond acceptors (Lipinski definition) is 4. The van der Waals surface area contributed by atoms with Crippen LogP contribution in [0.25, 0.3) is 0 Å². The van der Waals surface area contributed by atoms with Crippen LogP contribution in [0.1, 0.15) is 41.5 Å². The van der Waals surface area contributed by atoms with Crippen molar-refractivity contribution in [2.75, 3.05) is 22.9 Å². The van der Waals surface area contributed by atoms with Gasteiger partial charge in [-0.05, 0) is 72.5 Å². The van der Waals surface area contributed by atoms with Crippen molar-refractivity contribution in [3.05, 3.63) is 72.8 Å². The highest BCUT2D eigenvalue weighted by Gasteiger charge is 2.14. The summed E-state index contributed by atoms with van der Waals surface area (Å²) in [4.78, 5) is 27.6. The molecule has 0 atom stereocenters. The van der Waals surface area contributed by atoms with Crippen LogP contribution in [0.4, 0.5) is 11.4 Å². The van der Waals surface area contributed by atoms with E-state index < -0.39 is 0 Å². The van der Waals surface area contributed by atoms with Gasteiger partial charge in [-0.25, -0.2) is 0 Å². The van der Waals surface area contributed by atoms with E-state index in [0.717, 1.165) is 11.4 Å². The maximum Gasteiger partial charge on any atom is 0.223 e. The molecule has 6 nitrogen and oxygen atoms in total. The molecule has 36 heavy (non-hydrogen) atoms. The molecule has 2 amide bonds. The summed E-state index contributed by atoms with van der Waals surface area (Å²) in [5.41, 5.74) is 1.70. The molecule has 0 radical (unpaired) electrons. The average Bonchev–Trinajstić information content (AvgIpc) is 2.82. The van der Waals surface area contributed by atoms with Crippen LogP contribution in [0.5, 0.6) is 23.0 Å². The largest absolute Gasteiger partial charge is 0.457 e. The fourth-order valence-electron chi connectivity index (χ4n) is 3.82. The number of anilines is 2. The highest BCUT2D eigenvalue weighted by Crippen LogP contribution is 2.30. The number of carbonyl (C=O) groups is 2. The second-order valence-electron chi connectivity index (χ2n) is 9.71. The topological polar surface area (TPSA) is 59.1 Å². The van der Waals surface area contributed by atoms with Gasteiger partial charge in [0, 0.05) is 44.4 Å². The van der Waals surface area contributed by atoms with Gasteiger partial charge in [0.2, 0.25) is 11.8 Å². The lowest BCUT2D eigenvalue weighted by molar-refractivity contribution is -0.117. The third kappa shape index (κ3) is 7.60. The van der Waals surface area contributed by atoms with Gasteiger partial charge in [0.1, 0.15) is 23.0 Å². The van der Waals surface area contributed by atoms with Crippen LogP contribution >= 0.6 is 0 Å². The summed E-state index contributed by atoms with van der Waals surface area (Å²) in [7, 11) is 0. The molecule has 3 rings (SSSR count). The Bertz CT molecular complexity index is 1070. The second kappa shape index (κ2) is 12.2. The molecule has 3 aromatic carbocycles. The Morgan fingerprint density at radius 2 is 0.972 bits per heavy atom. The zero-order valence-corrected chi connectivity index (χ0v) is 22.0. The molecule has 0 heterocycles. The van der Waals surface area contributed by atoms with Gasteiger partial charge in [0.05, 0.1) is 0 Å². The van der Waals surface area contributed by atoms with E-state index in [1.807, 2.05) is 72.8 Å². The first-order chi connectivity index (χ1) is 17.1. The molecular weight excluding hydrogens is 452 g/mol. The van der Waals surface area contributed by atoms with Gasteiger partial charge in [-0.2, -0.15) is 0 Å². The average molecular weight is 489 g/mol. The van der Waals surface area contributed by atoms with E-state index in [1.165, 1.54) is 0 Å². The highest BCUT2D eigenvalue weighted by atomic mass is 16.5. The Hall–Kier alpha value is -3.80. The first kappa shape index (κ1) is 26.8. The number of benzene rings is 3. The smallest absolute Gasteiger partial charge is 0.223 e. The van der Waals surface area contributed by atoms with Crippen molar-refractivity contribution in [2.45, 2.75) is 41.5 Å². The summed E-state index contributed by atoms with van der Waals surface area (Å²) in [6.45, 7) is 12.8. The normalized spacial score (nSPS) is 10.9. The van der Waals surface area contributed by atoms with E-state index in [1.54, 1.807) is 23.6 Å². The van der Waals surface area contributed by atoms with E-state index in [2.05, 4.69) is 27.7 Å². The van der Waals surface area contributed by atoms with Gasteiger partial charge in [0.25, 0.3) is 0 Å². The molecule has 0 saturated carbocycles. The van der Waals surface area contributed by atoms with E-state index >= 15 is 0 Å². The SMILES string of the molecule is CC(=O)N(CC(C)C)c1ccc(Oc2cccc(Oc3ccc(N(CC(C)C)C(C)=O)cc3)c2)cc1. The molecule has 190 valence electrons. The fourth-order valence-corrected chi connectivity index (χ4v) is 3.82. The Morgan fingerprint density at radius 1 is 0.611 bits per heavy atom. The Balaban J connectivity index is 1.67.